The maximum absolute atomic E-state index is 11.7. The molecular weight excluding hydrogens is 322 g/mol. The molecule has 0 fully saturated rings. The molecule has 0 radical (unpaired) electrons. The van der Waals surface area contributed by atoms with Crippen LogP contribution in [0.5, 0.6) is 0 Å². The number of hydrogen-bond donors (Lipinski definition) is 1. The first kappa shape index (κ1) is 19.3. The monoisotopic (exact) mass is 349 g/mol. The number of rotatable bonds is 10. The van der Waals surface area contributed by atoms with Crippen molar-refractivity contribution in [3.63, 3.8) is 0 Å². The summed E-state index contributed by atoms with van der Waals surface area (Å²) in [6.07, 6.45) is 3.88. The average molecular weight is 349 g/mol. The van der Waals surface area contributed by atoms with Crippen LogP contribution in [0.2, 0.25) is 0 Å². The number of hydrogen-bond acceptors (Lipinski definition) is 5. The highest BCUT2D eigenvalue weighted by atomic mass is 16.5. The molecular formula is C18H27N3O4. The van der Waals surface area contributed by atoms with Gasteiger partial charge in [-0.05, 0) is 25.7 Å². The molecule has 2 aromatic heterocycles. The van der Waals surface area contributed by atoms with E-state index in [1.54, 1.807) is 11.6 Å². The van der Waals surface area contributed by atoms with Crippen LogP contribution in [0, 0.1) is 12.8 Å². The van der Waals surface area contributed by atoms with E-state index in [4.69, 9.17) is 9.47 Å². The largest absolute Gasteiger partial charge is 0.478 e. The van der Waals surface area contributed by atoms with Gasteiger partial charge in [-0.2, -0.15) is 5.10 Å². The van der Waals surface area contributed by atoms with E-state index in [-0.39, 0.29) is 11.5 Å². The van der Waals surface area contributed by atoms with Crippen molar-refractivity contribution in [3.05, 3.63) is 29.2 Å². The summed E-state index contributed by atoms with van der Waals surface area (Å²) in [6.45, 7) is 7.38. The van der Waals surface area contributed by atoms with Gasteiger partial charge in [-0.25, -0.2) is 14.3 Å². The Bertz CT molecular complexity index is 714. The number of fused-ring (bicyclic) bond motifs is 1. The Morgan fingerprint density at radius 1 is 1.40 bits per heavy atom. The van der Waals surface area contributed by atoms with Crippen molar-refractivity contribution >= 4 is 11.6 Å². The normalized spacial score (nSPS) is 13.9. The summed E-state index contributed by atoms with van der Waals surface area (Å²) in [5.41, 5.74) is 2.03. The number of ether oxygens (including phenoxy) is 2. The van der Waals surface area contributed by atoms with Crippen molar-refractivity contribution in [2.45, 2.75) is 46.1 Å². The first-order valence-corrected chi connectivity index (χ1v) is 8.68. The Morgan fingerprint density at radius 2 is 2.16 bits per heavy atom. The molecule has 2 heterocycles. The van der Waals surface area contributed by atoms with E-state index in [1.165, 1.54) is 6.20 Å². The molecule has 0 saturated heterocycles. The summed E-state index contributed by atoms with van der Waals surface area (Å²) in [7, 11) is 1.59. The molecule has 0 aliphatic heterocycles. The average Bonchev–Trinajstić information content (AvgIpc) is 2.95. The summed E-state index contributed by atoms with van der Waals surface area (Å²) in [4.78, 5) is 15.9. The summed E-state index contributed by atoms with van der Waals surface area (Å²) in [5.74, 6) is -0.967. The Balaban J connectivity index is 2.28. The van der Waals surface area contributed by atoms with Crippen molar-refractivity contribution in [2.75, 3.05) is 20.3 Å². The number of aromatic nitrogens is 3. The summed E-state index contributed by atoms with van der Waals surface area (Å²) < 4.78 is 12.9. The molecule has 7 nitrogen and oxygen atoms in total. The third-order valence-corrected chi connectivity index (χ3v) is 4.27. The number of aryl methyl sites for hydroxylation is 1. The van der Waals surface area contributed by atoms with E-state index in [0.29, 0.717) is 17.9 Å². The van der Waals surface area contributed by atoms with Crippen molar-refractivity contribution in [1.29, 1.82) is 0 Å². The quantitative estimate of drug-likeness (QED) is 0.663. The molecule has 2 unspecified atom stereocenters. The van der Waals surface area contributed by atoms with Gasteiger partial charge in [0.05, 0.1) is 11.4 Å². The Kier molecular flexibility index (Phi) is 6.90. The molecule has 0 aliphatic rings. The first-order valence-electron chi connectivity index (χ1n) is 8.68. The second kappa shape index (κ2) is 8.92. The molecule has 0 bridgehead atoms. The predicted molar refractivity (Wildman–Crippen MR) is 93.9 cm³/mol. The van der Waals surface area contributed by atoms with Gasteiger partial charge in [-0.3, -0.25) is 0 Å². The van der Waals surface area contributed by atoms with Crippen molar-refractivity contribution < 1.29 is 19.4 Å². The number of methoxy groups -OCH3 is 1. The Labute approximate surface area is 148 Å². The summed E-state index contributed by atoms with van der Waals surface area (Å²) in [5, 5.41) is 14.0. The lowest BCUT2D eigenvalue weighted by molar-refractivity contribution is 0.0304. The van der Waals surface area contributed by atoms with Crippen molar-refractivity contribution in [3.8, 4) is 0 Å². The highest BCUT2D eigenvalue weighted by molar-refractivity contribution is 5.89. The molecule has 1 N–H and O–H groups in total. The minimum atomic E-state index is -1.04. The fraction of sp³-hybridized carbons (Fsp3) is 0.611. The third kappa shape index (κ3) is 4.55. The van der Waals surface area contributed by atoms with Gasteiger partial charge in [0.15, 0.2) is 5.65 Å². The number of carboxylic acid groups (broad SMARTS) is 1. The van der Waals surface area contributed by atoms with Crippen LogP contribution < -0.4 is 0 Å². The molecule has 0 spiro atoms. The number of carbonyl (C=O) groups is 1. The van der Waals surface area contributed by atoms with Crippen LogP contribution >= 0.6 is 0 Å². The van der Waals surface area contributed by atoms with Crippen molar-refractivity contribution in [1.82, 2.24) is 14.6 Å². The second-order valence-electron chi connectivity index (χ2n) is 6.31. The van der Waals surface area contributed by atoms with Gasteiger partial charge in [0.1, 0.15) is 11.7 Å². The minimum Gasteiger partial charge on any atom is -0.478 e. The molecule has 2 aromatic rings. The minimum absolute atomic E-state index is 0.0693. The molecule has 25 heavy (non-hydrogen) atoms. The lowest BCUT2D eigenvalue weighted by atomic mass is 9.95. The molecule has 0 amide bonds. The van der Waals surface area contributed by atoms with Gasteiger partial charge >= 0.3 is 5.97 Å². The third-order valence-electron chi connectivity index (χ3n) is 4.27. The van der Waals surface area contributed by atoms with E-state index in [0.717, 1.165) is 31.6 Å². The standard InChI is InChI=1S/C18H27N3O4/c1-5-6-8-25-9-7-12(2)17(24-4)16-14(18(22)23)11-19-15-10-13(3)20-21(15)16/h10-12,17H,5-9H2,1-4H3,(H,22,23). The molecule has 7 heteroatoms. The zero-order valence-corrected chi connectivity index (χ0v) is 15.4. The van der Waals surface area contributed by atoms with E-state index in [2.05, 4.69) is 17.0 Å². The van der Waals surface area contributed by atoms with Crippen LogP contribution in [0.15, 0.2) is 12.3 Å². The topological polar surface area (TPSA) is 86.0 Å². The SMILES string of the molecule is CCCCOCCC(C)C(OC)c1c(C(=O)O)cnc2cc(C)nn12. The maximum Gasteiger partial charge on any atom is 0.339 e. The molecule has 2 atom stereocenters. The lowest BCUT2D eigenvalue weighted by Crippen LogP contribution is -2.22. The van der Waals surface area contributed by atoms with Crippen LogP contribution in [0.25, 0.3) is 5.65 Å². The Morgan fingerprint density at radius 3 is 2.80 bits per heavy atom. The molecule has 0 saturated carbocycles. The van der Waals surface area contributed by atoms with Gasteiger partial charge in [-0.1, -0.05) is 20.3 Å². The number of carboxylic acids is 1. The highest BCUT2D eigenvalue weighted by Gasteiger charge is 2.28. The summed E-state index contributed by atoms with van der Waals surface area (Å²) >= 11 is 0. The lowest BCUT2D eigenvalue weighted by Gasteiger charge is -2.24. The first-order chi connectivity index (χ1) is 12.0. The number of nitrogens with zero attached hydrogens (tertiary/aromatic N) is 3. The van der Waals surface area contributed by atoms with Gasteiger partial charge in [0, 0.05) is 32.6 Å². The van der Waals surface area contributed by atoms with Gasteiger partial charge in [0.25, 0.3) is 0 Å². The highest BCUT2D eigenvalue weighted by Crippen LogP contribution is 2.30. The van der Waals surface area contributed by atoms with E-state index < -0.39 is 12.1 Å². The fourth-order valence-electron chi connectivity index (χ4n) is 2.89. The van der Waals surface area contributed by atoms with Crippen LogP contribution in [-0.2, 0) is 9.47 Å². The van der Waals surface area contributed by atoms with Gasteiger partial charge in [0.2, 0.25) is 0 Å². The second-order valence-corrected chi connectivity index (χ2v) is 6.31. The molecule has 0 aromatic carbocycles. The van der Waals surface area contributed by atoms with Crippen LogP contribution in [-0.4, -0.2) is 46.0 Å². The van der Waals surface area contributed by atoms with Crippen LogP contribution in [0.4, 0.5) is 0 Å². The fourth-order valence-corrected chi connectivity index (χ4v) is 2.89. The van der Waals surface area contributed by atoms with Crippen LogP contribution in [0.3, 0.4) is 0 Å². The zero-order valence-electron chi connectivity index (χ0n) is 15.4. The van der Waals surface area contributed by atoms with Crippen molar-refractivity contribution in [2.24, 2.45) is 5.92 Å². The van der Waals surface area contributed by atoms with Gasteiger partial charge in [-0.15, -0.1) is 0 Å². The summed E-state index contributed by atoms with van der Waals surface area (Å²) in [6, 6.07) is 1.82. The van der Waals surface area contributed by atoms with Crippen LogP contribution in [0.1, 0.15) is 61.0 Å². The van der Waals surface area contributed by atoms with E-state index in [9.17, 15) is 9.90 Å². The number of unbranched alkanes of at least 4 members (excludes halogenated alkanes) is 1. The molecule has 0 aliphatic carbocycles. The Hall–Kier alpha value is -1.99. The predicted octanol–water partition coefficient (Wildman–Crippen LogP) is 3.27. The smallest absolute Gasteiger partial charge is 0.339 e. The maximum atomic E-state index is 11.7. The zero-order chi connectivity index (χ0) is 18.4. The van der Waals surface area contributed by atoms with Gasteiger partial charge < -0.3 is 14.6 Å². The van der Waals surface area contributed by atoms with E-state index in [1.807, 2.05) is 19.9 Å². The number of aromatic carboxylic acids is 1. The molecule has 138 valence electrons. The van der Waals surface area contributed by atoms with E-state index >= 15 is 0 Å². The molecule has 2 rings (SSSR count).